The van der Waals surface area contributed by atoms with Gasteiger partial charge in [-0.1, -0.05) is 11.6 Å². The SMILES string of the molecule is Cc1ccc(-n2ccnc2)c(C(=O)N2CCC2)c1. The van der Waals surface area contributed by atoms with Crippen molar-refractivity contribution < 1.29 is 4.79 Å². The molecule has 0 radical (unpaired) electrons. The molecule has 0 atom stereocenters. The summed E-state index contributed by atoms with van der Waals surface area (Å²) in [7, 11) is 0. The van der Waals surface area contributed by atoms with Gasteiger partial charge in [-0.05, 0) is 25.5 Å². The predicted octanol–water partition coefficient (Wildman–Crippen LogP) is 2.03. The summed E-state index contributed by atoms with van der Waals surface area (Å²) in [5.74, 6) is 0.119. The molecule has 4 nitrogen and oxygen atoms in total. The molecule has 1 aliphatic heterocycles. The highest BCUT2D eigenvalue weighted by atomic mass is 16.2. The zero-order valence-electron chi connectivity index (χ0n) is 10.3. The van der Waals surface area contributed by atoms with Gasteiger partial charge in [0.1, 0.15) is 0 Å². The number of hydrogen-bond acceptors (Lipinski definition) is 2. The Morgan fingerprint density at radius 3 is 2.78 bits per heavy atom. The molecule has 1 aromatic heterocycles. The van der Waals surface area contributed by atoms with Gasteiger partial charge >= 0.3 is 0 Å². The molecule has 92 valence electrons. The van der Waals surface area contributed by atoms with Gasteiger partial charge in [-0.2, -0.15) is 0 Å². The Hall–Kier alpha value is -2.10. The van der Waals surface area contributed by atoms with Gasteiger partial charge in [-0.25, -0.2) is 4.98 Å². The second-order valence-corrected chi connectivity index (χ2v) is 4.64. The summed E-state index contributed by atoms with van der Waals surface area (Å²) >= 11 is 0. The van der Waals surface area contributed by atoms with Crippen molar-refractivity contribution in [2.45, 2.75) is 13.3 Å². The highest BCUT2D eigenvalue weighted by molar-refractivity contribution is 5.98. The molecular weight excluding hydrogens is 226 g/mol. The summed E-state index contributed by atoms with van der Waals surface area (Å²) in [5.41, 5.74) is 2.76. The minimum Gasteiger partial charge on any atom is -0.338 e. The Balaban J connectivity index is 2.05. The van der Waals surface area contributed by atoms with Gasteiger partial charge in [0.25, 0.3) is 5.91 Å². The largest absolute Gasteiger partial charge is 0.338 e. The van der Waals surface area contributed by atoms with Crippen LogP contribution >= 0.6 is 0 Å². The molecule has 2 aromatic rings. The summed E-state index contributed by atoms with van der Waals surface area (Å²) in [6.07, 6.45) is 6.41. The Morgan fingerprint density at radius 2 is 2.17 bits per heavy atom. The van der Waals surface area contributed by atoms with E-state index < -0.39 is 0 Å². The number of hydrogen-bond donors (Lipinski definition) is 0. The van der Waals surface area contributed by atoms with Gasteiger partial charge in [0.05, 0.1) is 17.6 Å². The lowest BCUT2D eigenvalue weighted by atomic mass is 10.1. The van der Waals surface area contributed by atoms with Gasteiger partial charge in [0, 0.05) is 25.5 Å². The van der Waals surface area contributed by atoms with Crippen molar-refractivity contribution in [1.82, 2.24) is 14.5 Å². The van der Waals surface area contributed by atoms with Crippen LogP contribution in [0.3, 0.4) is 0 Å². The average Bonchev–Trinajstić information content (AvgIpc) is 2.80. The molecule has 0 unspecified atom stereocenters. The van der Waals surface area contributed by atoms with Gasteiger partial charge in [-0.15, -0.1) is 0 Å². The molecule has 0 spiro atoms. The van der Waals surface area contributed by atoms with Gasteiger partial charge in [-0.3, -0.25) is 4.79 Å². The van der Waals surface area contributed by atoms with E-state index in [1.807, 2.05) is 40.8 Å². The fourth-order valence-electron chi connectivity index (χ4n) is 2.14. The average molecular weight is 241 g/mol. The van der Waals surface area contributed by atoms with Crippen molar-refractivity contribution >= 4 is 5.91 Å². The minimum atomic E-state index is 0.119. The number of imidazole rings is 1. The van der Waals surface area contributed by atoms with Crippen molar-refractivity contribution in [3.05, 3.63) is 48.0 Å². The molecule has 2 heterocycles. The van der Waals surface area contributed by atoms with Gasteiger partial charge in [0.2, 0.25) is 0 Å². The van der Waals surface area contributed by atoms with E-state index in [1.165, 1.54) is 0 Å². The molecule has 1 aromatic carbocycles. The standard InChI is InChI=1S/C14H15N3O/c1-11-3-4-13(17-8-5-15-10-17)12(9-11)14(18)16-6-2-7-16/h3-5,8-10H,2,6-7H2,1H3. The maximum atomic E-state index is 12.4. The fraction of sp³-hybridized carbons (Fsp3) is 0.286. The lowest BCUT2D eigenvalue weighted by Crippen LogP contribution is -2.42. The van der Waals surface area contributed by atoms with Crippen molar-refractivity contribution in [3.8, 4) is 5.69 Å². The number of aromatic nitrogens is 2. The number of carbonyl (C=O) groups is 1. The van der Waals surface area contributed by atoms with Crippen molar-refractivity contribution in [2.24, 2.45) is 0 Å². The predicted molar refractivity (Wildman–Crippen MR) is 68.8 cm³/mol. The first kappa shape index (κ1) is 11.0. The van der Waals surface area contributed by atoms with Crippen LogP contribution in [0, 0.1) is 6.92 Å². The molecule has 0 bridgehead atoms. The first-order chi connectivity index (χ1) is 8.75. The summed E-state index contributed by atoms with van der Waals surface area (Å²) in [6, 6.07) is 5.95. The van der Waals surface area contributed by atoms with Crippen LogP contribution in [0.2, 0.25) is 0 Å². The highest BCUT2D eigenvalue weighted by Gasteiger charge is 2.24. The Bertz CT molecular complexity index is 571. The summed E-state index contributed by atoms with van der Waals surface area (Å²) in [6.45, 7) is 3.75. The lowest BCUT2D eigenvalue weighted by Gasteiger charge is -2.31. The Kier molecular flexibility index (Phi) is 2.63. The molecule has 18 heavy (non-hydrogen) atoms. The van der Waals surface area contributed by atoms with Crippen LogP contribution in [-0.4, -0.2) is 33.4 Å². The number of rotatable bonds is 2. The first-order valence-electron chi connectivity index (χ1n) is 6.14. The number of nitrogens with zero attached hydrogens (tertiary/aromatic N) is 3. The number of likely N-dealkylation sites (tertiary alicyclic amines) is 1. The molecule has 0 N–H and O–H groups in total. The minimum absolute atomic E-state index is 0.119. The molecule has 3 rings (SSSR count). The molecule has 1 fully saturated rings. The van der Waals surface area contributed by atoms with Crippen molar-refractivity contribution in [2.75, 3.05) is 13.1 Å². The second-order valence-electron chi connectivity index (χ2n) is 4.64. The lowest BCUT2D eigenvalue weighted by molar-refractivity contribution is 0.0652. The maximum absolute atomic E-state index is 12.4. The number of aryl methyl sites for hydroxylation is 1. The maximum Gasteiger partial charge on any atom is 0.255 e. The van der Waals surface area contributed by atoms with Crippen LogP contribution in [0.4, 0.5) is 0 Å². The van der Waals surface area contributed by atoms with E-state index >= 15 is 0 Å². The van der Waals surface area contributed by atoms with E-state index in [-0.39, 0.29) is 5.91 Å². The summed E-state index contributed by atoms with van der Waals surface area (Å²) in [5, 5.41) is 0. The van der Waals surface area contributed by atoms with Crippen LogP contribution < -0.4 is 0 Å². The monoisotopic (exact) mass is 241 g/mol. The van der Waals surface area contributed by atoms with Crippen LogP contribution in [0.15, 0.2) is 36.9 Å². The van der Waals surface area contributed by atoms with Crippen molar-refractivity contribution in [3.63, 3.8) is 0 Å². The molecule has 0 saturated carbocycles. The van der Waals surface area contributed by atoms with Crippen LogP contribution in [-0.2, 0) is 0 Å². The van der Waals surface area contributed by atoms with E-state index in [4.69, 9.17) is 0 Å². The van der Waals surface area contributed by atoms with Crippen LogP contribution in [0.25, 0.3) is 5.69 Å². The second kappa shape index (κ2) is 4.29. The molecule has 4 heteroatoms. The molecule has 0 aliphatic carbocycles. The zero-order chi connectivity index (χ0) is 12.5. The molecular formula is C14H15N3O. The Morgan fingerprint density at radius 1 is 1.33 bits per heavy atom. The van der Waals surface area contributed by atoms with Crippen LogP contribution in [0.5, 0.6) is 0 Å². The Labute approximate surface area is 106 Å². The summed E-state index contributed by atoms with van der Waals surface area (Å²) < 4.78 is 1.88. The third-order valence-electron chi connectivity index (χ3n) is 3.31. The quantitative estimate of drug-likeness (QED) is 0.806. The number of benzene rings is 1. The van der Waals surface area contributed by atoms with Crippen LogP contribution in [0.1, 0.15) is 22.3 Å². The van der Waals surface area contributed by atoms with Crippen molar-refractivity contribution in [1.29, 1.82) is 0 Å². The molecule has 1 amide bonds. The van der Waals surface area contributed by atoms with E-state index in [1.54, 1.807) is 12.5 Å². The zero-order valence-corrected chi connectivity index (χ0v) is 10.3. The highest BCUT2D eigenvalue weighted by Crippen LogP contribution is 2.20. The number of carbonyl (C=O) groups excluding carboxylic acids is 1. The molecule has 1 saturated heterocycles. The van der Waals surface area contributed by atoms with E-state index in [9.17, 15) is 4.79 Å². The van der Waals surface area contributed by atoms with Gasteiger partial charge in [0.15, 0.2) is 0 Å². The normalized spacial score (nSPS) is 14.4. The van der Waals surface area contributed by atoms with E-state index in [0.717, 1.165) is 36.3 Å². The van der Waals surface area contributed by atoms with Gasteiger partial charge < -0.3 is 9.47 Å². The summed E-state index contributed by atoms with van der Waals surface area (Å²) in [4.78, 5) is 18.3. The first-order valence-corrected chi connectivity index (χ1v) is 6.14. The van der Waals surface area contributed by atoms with E-state index in [0.29, 0.717) is 0 Å². The third-order valence-corrected chi connectivity index (χ3v) is 3.31. The smallest absolute Gasteiger partial charge is 0.255 e. The topological polar surface area (TPSA) is 38.1 Å². The van der Waals surface area contributed by atoms with E-state index in [2.05, 4.69) is 4.98 Å². The molecule has 1 aliphatic rings. The fourth-order valence-corrected chi connectivity index (χ4v) is 2.14. The third kappa shape index (κ3) is 1.79. The number of amides is 1.